The van der Waals surface area contributed by atoms with Gasteiger partial charge in [0.05, 0.1) is 12.1 Å². The summed E-state index contributed by atoms with van der Waals surface area (Å²) < 4.78 is 25.4. The maximum absolute atomic E-state index is 12.3. The van der Waals surface area contributed by atoms with E-state index in [9.17, 15) is 13.2 Å². The molecule has 0 saturated heterocycles. The summed E-state index contributed by atoms with van der Waals surface area (Å²) in [5, 5.41) is 8.57. The van der Waals surface area contributed by atoms with E-state index in [-0.39, 0.29) is 22.8 Å². The predicted octanol–water partition coefficient (Wildman–Crippen LogP) is 0.693. The molecule has 0 atom stereocenters. The Morgan fingerprint density at radius 3 is 2.76 bits per heavy atom. The number of carbonyl (C=O) groups is 1. The quantitative estimate of drug-likeness (QED) is 0.808. The first-order valence-electron chi connectivity index (χ1n) is 5.91. The summed E-state index contributed by atoms with van der Waals surface area (Å²) in [7, 11) is -3.94. The second-order valence-corrected chi connectivity index (χ2v) is 6.11. The highest BCUT2D eigenvalue weighted by atomic mass is 32.2. The summed E-state index contributed by atoms with van der Waals surface area (Å²) in [5.74, 6) is -0.617. The summed E-state index contributed by atoms with van der Waals surface area (Å²) in [5.41, 5.74) is 0.727. The standard InChI is InChI=1S/C13H8N4O3S/c14-7-10-6-9(3-5-15-10)8-17-13(18)11-2-1-4-16-12(11)21(17,19)20/h1-6H,8H2. The molecule has 1 aliphatic heterocycles. The van der Waals surface area contributed by atoms with E-state index < -0.39 is 15.9 Å². The fraction of sp³-hybridized carbons (Fsp3) is 0.0769. The Kier molecular flexibility index (Phi) is 2.92. The minimum atomic E-state index is -3.94. The van der Waals surface area contributed by atoms with Crippen molar-refractivity contribution in [3.8, 4) is 6.07 Å². The summed E-state index contributed by atoms with van der Waals surface area (Å²) in [6.07, 6.45) is 2.72. The summed E-state index contributed by atoms with van der Waals surface area (Å²) in [6, 6.07) is 7.80. The third-order valence-corrected chi connectivity index (χ3v) is 4.72. The Morgan fingerprint density at radius 1 is 1.24 bits per heavy atom. The molecular formula is C13H8N4O3S. The molecular weight excluding hydrogens is 292 g/mol. The highest BCUT2D eigenvalue weighted by molar-refractivity contribution is 7.90. The number of sulfonamides is 1. The minimum Gasteiger partial charge on any atom is -0.268 e. The molecule has 0 aliphatic carbocycles. The lowest BCUT2D eigenvalue weighted by Gasteiger charge is -2.14. The molecule has 0 unspecified atom stereocenters. The monoisotopic (exact) mass is 300 g/mol. The van der Waals surface area contributed by atoms with Crippen LogP contribution in [0.1, 0.15) is 21.6 Å². The van der Waals surface area contributed by atoms with Gasteiger partial charge in [-0.1, -0.05) is 0 Å². The maximum Gasteiger partial charge on any atom is 0.285 e. The van der Waals surface area contributed by atoms with Crippen molar-refractivity contribution >= 4 is 15.9 Å². The van der Waals surface area contributed by atoms with Crippen molar-refractivity contribution < 1.29 is 13.2 Å². The van der Waals surface area contributed by atoms with Gasteiger partial charge < -0.3 is 0 Å². The number of nitriles is 1. The summed E-state index contributed by atoms with van der Waals surface area (Å²) >= 11 is 0. The van der Waals surface area contributed by atoms with Crippen molar-refractivity contribution in [2.75, 3.05) is 0 Å². The van der Waals surface area contributed by atoms with Gasteiger partial charge in [-0.25, -0.2) is 14.3 Å². The Morgan fingerprint density at radius 2 is 2.05 bits per heavy atom. The molecule has 8 heteroatoms. The van der Waals surface area contributed by atoms with E-state index in [1.165, 1.54) is 30.6 Å². The second-order valence-electron chi connectivity index (χ2n) is 4.33. The molecule has 7 nitrogen and oxygen atoms in total. The van der Waals surface area contributed by atoms with Gasteiger partial charge in [-0.05, 0) is 29.8 Å². The van der Waals surface area contributed by atoms with Gasteiger partial charge in [-0.15, -0.1) is 0 Å². The van der Waals surface area contributed by atoms with E-state index >= 15 is 0 Å². The van der Waals surface area contributed by atoms with Crippen LogP contribution in [0, 0.1) is 11.3 Å². The maximum atomic E-state index is 12.3. The van der Waals surface area contributed by atoms with Gasteiger partial charge in [0.2, 0.25) is 0 Å². The summed E-state index contributed by atoms with van der Waals surface area (Å²) in [4.78, 5) is 19.8. The van der Waals surface area contributed by atoms with Crippen LogP contribution in [-0.4, -0.2) is 28.6 Å². The van der Waals surface area contributed by atoms with Crippen LogP contribution in [0.15, 0.2) is 41.7 Å². The van der Waals surface area contributed by atoms with E-state index in [0.29, 0.717) is 5.56 Å². The van der Waals surface area contributed by atoms with Crippen LogP contribution in [0.4, 0.5) is 0 Å². The number of pyridine rings is 2. The third kappa shape index (κ3) is 2.04. The SMILES string of the molecule is N#Cc1cc(CN2C(=O)c3cccnc3S2(=O)=O)ccn1. The molecule has 0 bridgehead atoms. The fourth-order valence-corrected chi connectivity index (χ4v) is 3.54. The lowest BCUT2D eigenvalue weighted by Crippen LogP contribution is -2.29. The van der Waals surface area contributed by atoms with E-state index in [4.69, 9.17) is 5.26 Å². The molecule has 1 aliphatic rings. The number of hydrogen-bond donors (Lipinski definition) is 0. The van der Waals surface area contributed by atoms with Gasteiger partial charge in [-0.3, -0.25) is 4.79 Å². The molecule has 1 amide bonds. The highest BCUT2D eigenvalue weighted by Gasteiger charge is 2.42. The van der Waals surface area contributed by atoms with Gasteiger partial charge >= 0.3 is 0 Å². The first-order valence-corrected chi connectivity index (χ1v) is 7.35. The van der Waals surface area contributed by atoms with Crippen molar-refractivity contribution in [1.82, 2.24) is 14.3 Å². The zero-order valence-electron chi connectivity index (χ0n) is 10.6. The normalized spacial score (nSPS) is 15.6. The zero-order valence-corrected chi connectivity index (χ0v) is 11.4. The van der Waals surface area contributed by atoms with E-state index in [1.54, 1.807) is 6.07 Å². The lowest BCUT2D eigenvalue weighted by molar-refractivity contribution is 0.0864. The van der Waals surface area contributed by atoms with Crippen molar-refractivity contribution in [2.24, 2.45) is 0 Å². The average Bonchev–Trinajstić information content (AvgIpc) is 2.69. The molecule has 0 saturated carbocycles. The Balaban J connectivity index is 2.02. The van der Waals surface area contributed by atoms with Crippen molar-refractivity contribution in [3.05, 3.63) is 53.5 Å². The van der Waals surface area contributed by atoms with Crippen LogP contribution >= 0.6 is 0 Å². The van der Waals surface area contributed by atoms with Crippen LogP contribution < -0.4 is 0 Å². The largest absolute Gasteiger partial charge is 0.285 e. The van der Waals surface area contributed by atoms with E-state index in [0.717, 1.165) is 4.31 Å². The van der Waals surface area contributed by atoms with Gasteiger partial charge in [0.25, 0.3) is 15.9 Å². The third-order valence-electron chi connectivity index (χ3n) is 3.03. The molecule has 0 radical (unpaired) electrons. The topological polar surface area (TPSA) is 104 Å². The Hall–Kier alpha value is -2.79. The van der Waals surface area contributed by atoms with Crippen LogP contribution in [0.2, 0.25) is 0 Å². The smallest absolute Gasteiger partial charge is 0.268 e. The molecule has 3 heterocycles. The predicted molar refractivity (Wildman–Crippen MR) is 70.2 cm³/mol. The van der Waals surface area contributed by atoms with Gasteiger partial charge in [0.1, 0.15) is 11.8 Å². The molecule has 21 heavy (non-hydrogen) atoms. The first kappa shape index (κ1) is 13.2. The fourth-order valence-electron chi connectivity index (χ4n) is 2.06. The minimum absolute atomic E-state index is 0.0621. The van der Waals surface area contributed by atoms with Gasteiger partial charge in [-0.2, -0.15) is 13.7 Å². The van der Waals surface area contributed by atoms with Gasteiger partial charge in [0.15, 0.2) is 5.03 Å². The van der Waals surface area contributed by atoms with Crippen molar-refractivity contribution in [1.29, 1.82) is 5.26 Å². The van der Waals surface area contributed by atoms with Crippen LogP contribution in [0.25, 0.3) is 0 Å². The molecule has 0 fully saturated rings. The van der Waals surface area contributed by atoms with E-state index in [1.807, 2.05) is 6.07 Å². The van der Waals surface area contributed by atoms with Crippen LogP contribution in [0.3, 0.4) is 0 Å². The summed E-state index contributed by atoms with van der Waals surface area (Å²) in [6.45, 7) is -0.158. The van der Waals surface area contributed by atoms with E-state index in [2.05, 4.69) is 9.97 Å². The number of hydrogen-bond acceptors (Lipinski definition) is 6. The highest BCUT2D eigenvalue weighted by Crippen LogP contribution is 2.29. The van der Waals surface area contributed by atoms with Crippen LogP contribution in [-0.2, 0) is 16.6 Å². The second kappa shape index (κ2) is 4.64. The molecule has 0 N–H and O–H groups in total. The van der Waals surface area contributed by atoms with Crippen molar-refractivity contribution in [2.45, 2.75) is 11.6 Å². The molecule has 0 spiro atoms. The van der Waals surface area contributed by atoms with Gasteiger partial charge in [0, 0.05) is 12.4 Å². The number of rotatable bonds is 2. The van der Waals surface area contributed by atoms with Crippen LogP contribution in [0.5, 0.6) is 0 Å². The molecule has 0 aromatic carbocycles. The number of carbonyl (C=O) groups excluding carboxylic acids is 1. The number of aromatic nitrogens is 2. The van der Waals surface area contributed by atoms with Crippen molar-refractivity contribution in [3.63, 3.8) is 0 Å². The lowest BCUT2D eigenvalue weighted by atomic mass is 10.2. The Bertz CT molecular complexity index is 886. The first-order chi connectivity index (χ1) is 10.0. The Labute approximate surface area is 120 Å². The molecule has 3 rings (SSSR count). The average molecular weight is 300 g/mol. The molecule has 2 aromatic heterocycles. The zero-order chi connectivity index (χ0) is 15.0. The molecule has 104 valence electrons. The molecule has 2 aromatic rings. The number of nitrogens with zero attached hydrogens (tertiary/aromatic N) is 4. The number of fused-ring (bicyclic) bond motifs is 1. The number of amides is 1.